The van der Waals surface area contributed by atoms with Crippen LogP contribution in [0.5, 0.6) is 0 Å². The van der Waals surface area contributed by atoms with Crippen LogP contribution in [0.25, 0.3) is 0 Å². The van der Waals surface area contributed by atoms with Crippen LogP contribution >= 0.6 is 24.0 Å². The minimum Gasteiger partial charge on any atom is -0.314 e. The second kappa shape index (κ2) is 10.8. The molecule has 0 aliphatic heterocycles. The molecule has 0 saturated heterocycles. The molecule has 1 aliphatic rings. The fourth-order valence-corrected chi connectivity index (χ4v) is 3.83. The summed E-state index contributed by atoms with van der Waals surface area (Å²) in [6.45, 7) is 0.850. The maximum absolute atomic E-state index is 12.9. The van der Waals surface area contributed by atoms with E-state index in [1.807, 2.05) is 12.1 Å². The van der Waals surface area contributed by atoms with Gasteiger partial charge in [0.05, 0.1) is 0 Å². The van der Waals surface area contributed by atoms with Crippen LogP contribution < -0.4 is 5.32 Å². The number of hydrogen-bond acceptors (Lipinski definition) is 2. The Balaban J connectivity index is 0.00000261. The standard InChI is InChI=1S/C22H25ClFNO.ClH/c23-19-9-3-16(4-10-19)17-7-13-21(14-8-17)25-15-1-2-22(26)18-5-11-20(24)12-6-18;/h3-6,9-12,17,21,25H,1-2,7-8,13-15H2;1H. The molecule has 1 aliphatic carbocycles. The van der Waals surface area contributed by atoms with Crippen molar-refractivity contribution in [2.45, 2.75) is 50.5 Å². The molecule has 0 bridgehead atoms. The molecule has 0 spiro atoms. The molecule has 0 amide bonds. The van der Waals surface area contributed by atoms with Crippen LogP contribution in [0, 0.1) is 5.82 Å². The van der Waals surface area contributed by atoms with E-state index in [1.165, 1.54) is 43.4 Å². The third kappa shape index (κ3) is 6.60. The summed E-state index contributed by atoms with van der Waals surface area (Å²) in [5, 5.41) is 4.38. The van der Waals surface area contributed by atoms with Crippen molar-refractivity contribution in [1.29, 1.82) is 0 Å². The highest BCUT2D eigenvalue weighted by Crippen LogP contribution is 2.33. The highest BCUT2D eigenvalue weighted by Gasteiger charge is 2.21. The van der Waals surface area contributed by atoms with Crippen molar-refractivity contribution in [2.75, 3.05) is 6.54 Å². The molecule has 2 aromatic rings. The number of Topliss-reactive ketones (excluding diaryl/α,β-unsaturated/α-hetero) is 1. The van der Waals surface area contributed by atoms with E-state index in [0.29, 0.717) is 23.9 Å². The number of carbonyl (C=O) groups is 1. The lowest BCUT2D eigenvalue weighted by Gasteiger charge is -2.29. The molecule has 1 saturated carbocycles. The molecule has 2 nitrogen and oxygen atoms in total. The molecule has 146 valence electrons. The Morgan fingerprint density at radius 2 is 1.63 bits per heavy atom. The van der Waals surface area contributed by atoms with Gasteiger partial charge in [-0.2, -0.15) is 0 Å². The number of carbonyl (C=O) groups excluding carboxylic acids is 1. The van der Waals surface area contributed by atoms with Gasteiger partial charge in [-0.05, 0) is 86.5 Å². The SMILES string of the molecule is Cl.O=C(CCCNC1CCC(c2ccc(Cl)cc2)CC1)c1ccc(F)cc1. The first-order valence-corrected chi connectivity index (χ1v) is 9.77. The van der Waals surface area contributed by atoms with E-state index in [1.54, 1.807) is 12.1 Å². The smallest absolute Gasteiger partial charge is 0.162 e. The van der Waals surface area contributed by atoms with Crippen molar-refractivity contribution in [1.82, 2.24) is 5.32 Å². The molecule has 2 aromatic carbocycles. The van der Waals surface area contributed by atoms with Gasteiger partial charge >= 0.3 is 0 Å². The van der Waals surface area contributed by atoms with Crippen LogP contribution in [-0.2, 0) is 0 Å². The summed E-state index contributed by atoms with van der Waals surface area (Å²) in [7, 11) is 0. The molecule has 0 unspecified atom stereocenters. The highest BCUT2D eigenvalue weighted by molar-refractivity contribution is 6.30. The summed E-state index contributed by atoms with van der Waals surface area (Å²) in [5.41, 5.74) is 1.98. The van der Waals surface area contributed by atoms with Gasteiger partial charge in [0.15, 0.2) is 5.78 Å². The normalized spacial score (nSPS) is 19.3. The minimum atomic E-state index is -0.308. The fourth-order valence-electron chi connectivity index (χ4n) is 3.70. The Kier molecular flexibility index (Phi) is 8.75. The molecular formula is C22H26Cl2FNO. The summed E-state index contributed by atoms with van der Waals surface area (Å²) in [4.78, 5) is 12.1. The van der Waals surface area contributed by atoms with Crippen molar-refractivity contribution in [2.24, 2.45) is 0 Å². The van der Waals surface area contributed by atoms with E-state index < -0.39 is 0 Å². The average Bonchev–Trinajstić information content (AvgIpc) is 2.67. The summed E-state index contributed by atoms with van der Waals surface area (Å²) < 4.78 is 12.9. The molecule has 0 aromatic heterocycles. The Morgan fingerprint density at radius 1 is 1.00 bits per heavy atom. The van der Waals surface area contributed by atoms with Gasteiger partial charge in [-0.3, -0.25) is 4.79 Å². The number of hydrogen-bond donors (Lipinski definition) is 1. The lowest BCUT2D eigenvalue weighted by atomic mass is 9.82. The zero-order valence-electron chi connectivity index (χ0n) is 15.3. The predicted octanol–water partition coefficient (Wildman–Crippen LogP) is 6.18. The lowest BCUT2D eigenvalue weighted by molar-refractivity contribution is 0.0979. The maximum Gasteiger partial charge on any atom is 0.162 e. The third-order valence-electron chi connectivity index (χ3n) is 5.25. The van der Waals surface area contributed by atoms with Crippen molar-refractivity contribution in [3.63, 3.8) is 0 Å². The molecule has 5 heteroatoms. The van der Waals surface area contributed by atoms with Gasteiger partial charge in [0.1, 0.15) is 5.82 Å². The third-order valence-corrected chi connectivity index (χ3v) is 5.50. The molecule has 0 atom stereocenters. The Morgan fingerprint density at radius 3 is 2.26 bits per heavy atom. The quantitative estimate of drug-likeness (QED) is 0.436. The van der Waals surface area contributed by atoms with Crippen molar-refractivity contribution < 1.29 is 9.18 Å². The minimum absolute atomic E-state index is 0. The number of ketones is 1. The van der Waals surface area contributed by atoms with Gasteiger partial charge < -0.3 is 5.32 Å². The van der Waals surface area contributed by atoms with Crippen LogP contribution in [0.1, 0.15) is 60.4 Å². The zero-order valence-corrected chi connectivity index (χ0v) is 16.9. The van der Waals surface area contributed by atoms with E-state index in [9.17, 15) is 9.18 Å². The van der Waals surface area contributed by atoms with Gasteiger partial charge in [0.25, 0.3) is 0 Å². The van der Waals surface area contributed by atoms with Crippen molar-refractivity contribution >= 4 is 29.8 Å². The van der Waals surface area contributed by atoms with Crippen molar-refractivity contribution in [3.8, 4) is 0 Å². The number of benzene rings is 2. The van der Waals surface area contributed by atoms with Gasteiger partial charge in [0, 0.05) is 23.0 Å². The van der Waals surface area contributed by atoms with E-state index in [4.69, 9.17) is 11.6 Å². The second-order valence-electron chi connectivity index (χ2n) is 7.09. The lowest BCUT2D eigenvalue weighted by Crippen LogP contribution is -2.33. The van der Waals surface area contributed by atoms with E-state index >= 15 is 0 Å². The summed E-state index contributed by atoms with van der Waals surface area (Å²) in [5.74, 6) is 0.404. The Hall–Kier alpha value is -1.42. The van der Waals surface area contributed by atoms with Crippen LogP contribution in [0.3, 0.4) is 0 Å². The molecule has 1 fully saturated rings. The number of nitrogens with one attached hydrogen (secondary N) is 1. The van der Waals surface area contributed by atoms with Crippen LogP contribution in [0.15, 0.2) is 48.5 Å². The first kappa shape index (κ1) is 21.9. The van der Waals surface area contributed by atoms with E-state index in [-0.39, 0.29) is 24.0 Å². The Labute approximate surface area is 171 Å². The van der Waals surface area contributed by atoms with Crippen LogP contribution in [0.4, 0.5) is 4.39 Å². The Bertz CT molecular complexity index is 710. The molecule has 0 heterocycles. The van der Waals surface area contributed by atoms with E-state index in [0.717, 1.165) is 18.0 Å². The van der Waals surface area contributed by atoms with Crippen LogP contribution in [-0.4, -0.2) is 18.4 Å². The first-order valence-electron chi connectivity index (χ1n) is 9.39. The van der Waals surface area contributed by atoms with Crippen LogP contribution in [0.2, 0.25) is 5.02 Å². The first-order chi connectivity index (χ1) is 12.6. The van der Waals surface area contributed by atoms with Crippen molar-refractivity contribution in [3.05, 3.63) is 70.5 Å². The number of halogens is 3. The number of rotatable bonds is 7. The second-order valence-corrected chi connectivity index (χ2v) is 7.52. The molecule has 27 heavy (non-hydrogen) atoms. The van der Waals surface area contributed by atoms with Gasteiger partial charge in [-0.1, -0.05) is 23.7 Å². The molecule has 0 radical (unpaired) electrons. The predicted molar refractivity (Wildman–Crippen MR) is 112 cm³/mol. The molecular weight excluding hydrogens is 384 g/mol. The summed E-state index contributed by atoms with van der Waals surface area (Å²) in [6.07, 6.45) is 6.02. The van der Waals surface area contributed by atoms with Gasteiger partial charge in [-0.15, -0.1) is 12.4 Å². The van der Waals surface area contributed by atoms with Gasteiger partial charge in [0.2, 0.25) is 0 Å². The largest absolute Gasteiger partial charge is 0.314 e. The topological polar surface area (TPSA) is 29.1 Å². The van der Waals surface area contributed by atoms with Gasteiger partial charge in [-0.25, -0.2) is 4.39 Å². The zero-order chi connectivity index (χ0) is 18.4. The monoisotopic (exact) mass is 409 g/mol. The summed E-state index contributed by atoms with van der Waals surface area (Å²) in [6, 6.07) is 14.6. The average molecular weight is 410 g/mol. The summed E-state index contributed by atoms with van der Waals surface area (Å²) >= 11 is 5.96. The molecule has 3 rings (SSSR count). The fraction of sp³-hybridized carbons (Fsp3) is 0.409. The maximum atomic E-state index is 12.9. The molecule has 1 N–H and O–H groups in total. The highest BCUT2D eigenvalue weighted by atomic mass is 35.5. The van der Waals surface area contributed by atoms with E-state index in [2.05, 4.69) is 17.4 Å².